The second-order valence-electron chi connectivity index (χ2n) is 5.23. The third-order valence-electron chi connectivity index (χ3n) is 3.59. The average Bonchev–Trinajstić information content (AvgIpc) is 2.68. The summed E-state index contributed by atoms with van der Waals surface area (Å²) in [5.74, 6) is -0.581. The van der Waals surface area contributed by atoms with Crippen molar-refractivity contribution in [2.75, 3.05) is 0 Å². The molecule has 1 aliphatic carbocycles. The average molecular weight is 315 g/mol. The number of halogens is 1. The summed E-state index contributed by atoms with van der Waals surface area (Å²) in [6.45, 7) is 4.02. The molecule has 0 atom stereocenters. The molecule has 0 aromatic carbocycles. The van der Waals surface area contributed by atoms with Crippen LogP contribution in [0.3, 0.4) is 0 Å². The van der Waals surface area contributed by atoms with Crippen molar-refractivity contribution in [3.05, 3.63) is 15.9 Å². The minimum absolute atomic E-state index is 0.162. The van der Waals surface area contributed by atoms with Crippen LogP contribution in [0.5, 0.6) is 0 Å². The van der Waals surface area contributed by atoms with Gasteiger partial charge in [-0.1, -0.05) is 19.3 Å². The highest BCUT2D eigenvalue weighted by Crippen LogP contribution is 2.39. The van der Waals surface area contributed by atoms with E-state index in [1.807, 2.05) is 13.8 Å². The number of aromatic carboxylic acids is 1. The zero-order chi connectivity index (χ0) is 13.3. The molecule has 0 unspecified atom stereocenters. The Morgan fingerprint density at radius 1 is 1.39 bits per heavy atom. The van der Waals surface area contributed by atoms with E-state index in [1.54, 1.807) is 4.68 Å². The zero-order valence-corrected chi connectivity index (χ0v) is 12.4. The van der Waals surface area contributed by atoms with Gasteiger partial charge < -0.3 is 5.11 Å². The van der Waals surface area contributed by atoms with Gasteiger partial charge in [-0.25, -0.2) is 4.79 Å². The van der Waals surface area contributed by atoms with E-state index in [-0.39, 0.29) is 11.7 Å². The fraction of sp³-hybridized carbons (Fsp3) is 0.692. The summed E-state index contributed by atoms with van der Waals surface area (Å²) in [5, 5.41) is 13.6. The Hall–Kier alpha value is -0.840. The number of hydrogen-bond acceptors (Lipinski definition) is 2. The molecular formula is C13H19BrN2O2. The highest BCUT2D eigenvalue weighted by Gasteiger charge is 2.29. The lowest BCUT2D eigenvalue weighted by atomic mass is 9.84. The van der Waals surface area contributed by atoms with Crippen molar-refractivity contribution in [3.63, 3.8) is 0 Å². The van der Waals surface area contributed by atoms with Gasteiger partial charge in [0, 0.05) is 11.6 Å². The molecule has 100 valence electrons. The number of carbonyl (C=O) groups is 1. The Bertz CT molecular complexity index is 448. The topological polar surface area (TPSA) is 55.1 Å². The van der Waals surface area contributed by atoms with Gasteiger partial charge in [0.05, 0.1) is 0 Å². The van der Waals surface area contributed by atoms with Crippen LogP contribution < -0.4 is 0 Å². The van der Waals surface area contributed by atoms with Crippen LogP contribution in [0.4, 0.5) is 0 Å². The van der Waals surface area contributed by atoms with Crippen molar-refractivity contribution >= 4 is 21.9 Å². The Morgan fingerprint density at radius 2 is 2.00 bits per heavy atom. The molecule has 4 nitrogen and oxygen atoms in total. The highest BCUT2D eigenvalue weighted by atomic mass is 79.9. The SMILES string of the molecule is CC(C)n1nc(C(=O)O)c(C2CCCCC2)c1Br. The molecule has 1 aromatic rings. The van der Waals surface area contributed by atoms with Gasteiger partial charge in [0.15, 0.2) is 5.69 Å². The molecule has 0 saturated heterocycles. The Kier molecular flexibility index (Phi) is 4.10. The molecule has 1 aromatic heterocycles. The van der Waals surface area contributed by atoms with E-state index in [2.05, 4.69) is 21.0 Å². The molecule has 0 spiro atoms. The molecule has 2 rings (SSSR count). The summed E-state index contributed by atoms with van der Waals surface area (Å²) < 4.78 is 2.62. The van der Waals surface area contributed by atoms with E-state index in [0.29, 0.717) is 5.92 Å². The first-order valence-corrected chi connectivity index (χ1v) is 7.32. The first kappa shape index (κ1) is 13.6. The van der Waals surface area contributed by atoms with Gasteiger partial charge in [0.1, 0.15) is 4.60 Å². The maximum absolute atomic E-state index is 11.4. The number of rotatable bonds is 3. The predicted molar refractivity (Wildman–Crippen MR) is 73.1 cm³/mol. The smallest absolute Gasteiger partial charge is 0.356 e. The second-order valence-corrected chi connectivity index (χ2v) is 5.98. The molecule has 1 aliphatic rings. The van der Waals surface area contributed by atoms with E-state index in [9.17, 15) is 9.90 Å². The minimum atomic E-state index is -0.921. The number of nitrogens with zero attached hydrogens (tertiary/aromatic N) is 2. The van der Waals surface area contributed by atoms with E-state index in [4.69, 9.17) is 0 Å². The van der Waals surface area contributed by atoms with E-state index in [1.165, 1.54) is 19.3 Å². The lowest BCUT2D eigenvalue weighted by molar-refractivity contribution is 0.0687. The molecule has 1 fully saturated rings. The summed E-state index contributed by atoms with van der Waals surface area (Å²) in [7, 11) is 0. The standard InChI is InChI=1S/C13H19BrN2O2/c1-8(2)16-12(14)10(11(15-16)13(17)18)9-6-4-3-5-7-9/h8-9H,3-7H2,1-2H3,(H,17,18). The summed E-state index contributed by atoms with van der Waals surface area (Å²) in [6.07, 6.45) is 5.77. The first-order chi connectivity index (χ1) is 8.52. The van der Waals surface area contributed by atoms with Gasteiger partial charge in [-0.15, -0.1) is 0 Å². The number of carboxylic acid groups (broad SMARTS) is 1. The van der Waals surface area contributed by atoms with Crippen LogP contribution in [-0.2, 0) is 0 Å². The maximum Gasteiger partial charge on any atom is 0.356 e. The lowest BCUT2D eigenvalue weighted by Gasteiger charge is -2.21. The van der Waals surface area contributed by atoms with E-state index in [0.717, 1.165) is 23.0 Å². The summed E-state index contributed by atoms with van der Waals surface area (Å²) in [4.78, 5) is 11.4. The fourth-order valence-electron chi connectivity index (χ4n) is 2.68. The van der Waals surface area contributed by atoms with Crippen molar-refractivity contribution in [3.8, 4) is 0 Å². The quantitative estimate of drug-likeness (QED) is 0.918. The molecule has 1 heterocycles. The maximum atomic E-state index is 11.4. The third-order valence-corrected chi connectivity index (χ3v) is 4.38. The van der Waals surface area contributed by atoms with E-state index >= 15 is 0 Å². The zero-order valence-electron chi connectivity index (χ0n) is 10.8. The molecule has 1 saturated carbocycles. The van der Waals surface area contributed by atoms with Crippen LogP contribution in [0.15, 0.2) is 4.60 Å². The number of aromatic nitrogens is 2. The summed E-state index contributed by atoms with van der Waals surface area (Å²) >= 11 is 3.54. The molecule has 0 bridgehead atoms. The van der Waals surface area contributed by atoms with Crippen LogP contribution in [-0.4, -0.2) is 20.9 Å². The van der Waals surface area contributed by atoms with Gasteiger partial charge in [0.25, 0.3) is 0 Å². The van der Waals surface area contributed by atoms with Crippen molar-refractivity contribution in [1.82, 2.24) is 9.78 Å². The van der Waals surface area contributed by atoms with Crippen LogP contribution in [0.25, 0.3) is 0 Å². The molecule has 18 heavy (non-hydrogen) atoms. The monoisotopic (exact) mass is 314 g/mol. The van der Waals surface area contributed by atoms with Gasteiger partial charge >= 0.3 is 5.97 Å². The fourth-order valence-corrected chi connectivity index (χ4v) is 3.68. The molecule has 0 aliphatic heterocycles. The highest BCUT2D eigenvalue weighted by molar-refractivity contribution is 9.10. The molecule has 5 heteroatoms. The van der Waals surface area contributed by atoms with Gasteiger partial charge in [-0.05, 0) is 48.5 Å². The van der Waals surface area contributed by atoms with E-state index < -0.39 is 5.97 Å². The van der Waals surface area contributed by atoms with Gasteiger partial charge in [0.2, 0.25) is 0 Å². The molecule has 0 amide bonds. The predicted octanol–water partition coefficient (Wildman–Crippen LogP) is 3.97. The number of hydrogen-bond donors (Lipinski definition) is 1. The molecule has 0 radical (unpaired) electrons. The van der Waals surface area contributed by atoms with Crippen molar-refractivity contribution < 1.29 is 9.90 Å². The third kappa shape index (κ3) is 2.46. The second kappa shape index (κ2) is 5.43. The summed E-state index contributed by atoms with van der Waals surface area (Å²) in [6, 6.07) is 0.162. The largest absolute Gasteiger partial charge is 0.476 e. The van der Waals surface area contributed by atoms with Gasteiger partial charge in [-0.3, -0.25) is 4.68 Å². The minimum Gasteiger partial charge on any atom is -0.476 e. The Balaban J connectivity index is 2.45. The number of carboxylic acids is 1. The lowest BCUT2D eigenvalue weighted by Crippen LogP contribution is -2.09. The van der Waals surface area contributed by atoms with Gasteiger partial charge in [-0.2, -0.15) is 5.10 Å². The van der Waals surface area contributed by atoms with Crippen LogP contribution >= 0.6 is 15.9 Å². The van der Waals surface area contributed by atoms with Crippen LogP contribution in [0.2, 0.25) is 0 Å². The van der Waals surface area contributed by atoms with Crippen LogP contribution in [0.1, 0.15) is 74.0 Å². The Morgan fingerprint density at radius 3 is 2.50 bits per heavy atom. The molecular weight excluding hydrogens is 296 g/mol. The summed E-state index contributed by atoms with van der Waals surface area (Å²) in [5.41, 5.74) is 1.12. The normalized spacial score (nSPS) is 17.3. The first-order valence-electron chi connectivity index (χ1n) is 6.53. The van der Waals surface area contributed by atoms with Crippen LogP contribution in [0, 0.1) is 0 Å². The molecule has 1 N–H and O–H groups in total. The van der Waals surface area contributed by atoms with Crippen molar-refractivity contribution in [2.24, 2.45) is 0 Å². The van der Waals surface area contributed by atoms with Crippen molar-refractivity contribution in [1.29, 1.82) is 0 Å². The Labute approximate surface area is 116 Å². The van der Waals surface area contributed by atoms with Crippen molar-refractivity contribution in [2.45, 2.75) is 57.9 Å².